The number of nitrogens with zero attached hydrogens (tertiary/aromatic N) is 4. The summed E-state index contributed by atoms with van der Waals surface area (Å²) in [6, 6.07) is 5.62. The van der Waals surface area contributed by atoms with Crippen LogP contribution in [-0.2, 0) is 0 Å². The minimum absolute atomic E-state index is 0.762. The summed E-state index contributed by atoms with van der Waals surface area (Å²) < 4.78 is 2.58. The second-order valence-corrected chi connectivity index (χ2v) is 3.62. The molecule has 0 aliphatic rings. The molecule has 0 aliphatic carbocycles. The van der Waals surface area contributed by atoms with Gasteiger partial charge in [-0.1, -0.05) is 0 Å². The van der Waals surface area contributed by atoms with E-state index in [1.54, 1.807) is 11.0 Å². The van der Waals surface area contributed by atoms with E-state index in [1.807, 2.05) is 18.2 Å². The van der Waals surface area contributed by atoms with Crippen LogP contribution >= 0.6 is 22.6 Å². The SMILES string of the molecule is Nc1ccc(-n2cnnn2)cc1I. The largest absolute Gasteiger partial charge is 0.398 e. The van der Waals surface area contributed by atoms with Gasteiger partial charge in [-0.05, 0) is 51.2 Å². The summed E-state index contributed by atoms with van der Waals surface area (Å²) in [6.07, 6.45) is 1.54. The summed E-state index contributed by atoms with van der Waals surface area (Å²) in [6.45, 7) is 0. The van der Waals surface area contributed by atoms with Crippen LogP contribution in [0.25, 0.3) is 5.69 Å². The molecule has 0 spiro atoms. The average Bonchev–Trinajstić information content (AvgIpc) is 2.62. The molecule has 0 saturated heterocycles. The van der Waals surface area contributed by atoms with E-state index in [0.717, 1.165) is 14.9 Å². The number of anilines is 1. The Hall–Kier alpha value is -1.18. The quantitative estimate of drug-likeness (QED) is 0.623. The molecular formula is C7H6IN5. The van der Waals surface area contributed by atoms with E-state index in [2.05, 4.69) is 38.1 Å². The third-order valence-corrected chi connectivity index (χ3v) is 2.53. The van der Waals surface area contributed by atoms with Gasteiger partial charge in [-0.15, -0.1) is 5.10 Å². The molecule has 1 heterocycles. The summed E-state index contributed by atoms with van der Waals surface area (Å²) in [5, 5.41) is 10.9. The standard InChI is InChI=1S/C7H6IN5/c8-6-3-5(1-2-7(6)9)13-4-10-11-12-13/h1-4H,9H2. The molecule has 2 rings (SSSR count). The molecule has 0 radical (unpaired) electrons. The monoisotopic (exact) mass is 287 g/mol. The van der Waals surface area contributed by atoms with Crippen molar-refractivity contribution in [2.45, 2.75) is 0 Å². The van der Waals surface area contributed by atoms with Crippen LogP contribution in [0.1, 0.15) is 0 Å². The van der Waals surface area contributed by atoms with E-state index >= 15 is 0 Å². The lowest BCUT2D eigenvalue weighted by Crippen LogP contribution is -1.97. The van der Waals surface area contributed by atoms with E-state index in [4.69, 9.17) is 5.73 Å². The second-order valence-electron chi connectivity index (χ2n) is 2.46. The highest BCUT2D eigenvalue weighted by Gasteiger charge is 2.00. The van der Waals surface area contributed by atoms with E-state index in [9.17, 15) is 0 Å². The Balaban J connectivity index is 2.49. The highest BCUT2D eigenvalue weighted by Crippen LogP contribution is 2.17. The van der Waals surface area contributed by atoms with Gasteiger partial charge in [-0.25, -0.2) is 4.68 Å². The molecular weight excluding hydrogens is 281 g/mol. The first kappa shape index (κ1) is 8.42. The van der Waals surface area contributed by atoms with Crippen molar-refractivity contribution in [1.29, 1.82) is 0 Å². The van der Waals surface area contributed by atoms with E-state index in [1.165, 1.54) is 0 Å². The first-order valence-electron chi connectivity index (χ1n) is 3.56. The van der Waals surface area contributed by atoms with Crippen molar-refractivity contribution in [2.24, 2.45) is 0 Å². The predicted octanol–water partition coefficient (Wildman–Crippen LogP) is 0.849. The number of tetrazole rings is 1. The number of hydrogen-bond acceptors (Lipinski definition) is 4. The van der Waals surface area contributed by atoms with Crippen molar-refractivity contribution in [3.8, 4) is 5.69 Å². The fourth-order valence-corrected chi connectivity index (χ4v) is 1.44. The van der Waals surface area contributed by atoms with Gasteiger partial charge in [0.2, 0.25) is 0 Å². The molecule has 0 unspecified atom stereocenters. The number of nitrogens with two attached hydrogens (primary N) is 1. The number of benzene rings is 1. The van der Waals surface area contributed by atoms with E-state index < -0.39 is 0 Å². The van der Waals surface area contributed by atoms with Crippen LogP contribution in [0.2, 0.25) is 0 Å². The summed E-state index contributed by atoms with van der Waals surface area (Å²) >= 11 is 2.17. The van der Waals surface area contributed by atoms with E-state index in [0.29, 0.717) is 0 Å². The van der Waals surface area contributed by atoms with Gasteiger partial charge in [-0.3, -0.25) is 0 Å². The second kappa shape index (κ2) is 3.29. The number of nitrogen functional groups attached to an aromatic ring is 1. The highest BCUT2D eigenvalue weighted by atomic mass is 127. The predicted molar refractivity (Wildman–Crippen MR) is 56.3 cm³/mol. The number of hydrogen-bond donors (Lipinski definition) is 1. The van der Waals surface area contributed by atoms with Crippen molar-refractivity contribution < 1.29 is 0 Å². The molecule has 0 aliphatic heterocycles. The molecule has 13 heavy (non-hydrogen) atoms. The Labute approximate surface area is 88.1 Å². The molecule has 1 aromatic heterocycles. The third kappa shape index (κ3) is 1.62. The van der Waals surface area contributed by atoms with Crippen molar-refractivity contribution in [3.05, 3.63) is 28.1 Å². The summed E-state index contributed by atoms with van der Waals surface area (Å²) in [5.41, 5.74) is 7.34. The zero-order valence-corrected chi connectivity index (χ0v) is 8.71. The fourth-order valence-electron chi connectivity index (χ4n) is 0.938. The molecule has 1 aromatic carbocycles. The van der Waals surface area contributed by atoms with Crippen LogP contribution in [0.3, 0.4) is 0 Å². The van der Waals surface area contributed by atoms with Crippen molar-refractivity contribution in [1.82, 2.24) is 20.2 Å². The summed E-state index contributed by atoms with van der Waals surface area (Å²) in [4.78, 5) is 0. The van der Waals surface area contributed by atoms with Gasteiger partial charge in [0.1, 0.15) is 6.33 Å². The Morgan fingerprint density at radius 1 is 1.38 bits per heavy atom. The minimum atomic E-state index is 0.762. The van der Waals surface area contributed by atoms with Gasteiger partial charge < -0.3 is 5.73 Å². The molecule has 0 bridgehead atoms. The maximum Gasteiger partial charge on any atom is 0.143 e. The van der Waals surface area contributed by atoms with Gasteiger partial charge in [0.25, 0.3) is 0 Å². The Kier molecular flexibility index (Phi) is 2.13. The van der Waals surface area contributed by atoms with Gasteiger partial charge in [0.05, 0.1) is 5.69 Å². The number of aromatic nitrogens is 4. The lowest BCUT2D eigenvalue weighted by Gasteiger charge is -2.01. The summed E-state index contributed by atoms with van der Waals surface area (Å²) in [5.74, 6) is 0. The Bertz CT molecular complexity index is 411. The number of rotatable bonds is 1. The van der Waals surface area contributed by atoms with Gasteiger partial charge in [0, 0.05) is 9.26 Å². The Morgan fingerprint density at radius 2 is 2.23 bits per heavy atom. The zero-order chi connectivity index (χ0) is 9.26. The molecule has 0 saturated carbocycles. The van der Waals surface area contributed by atoms with Crippen molar-refractivity contribution in [3.63, 3.8) is 0 Å². The minimum Gasteiger partial charge on any atom is -0.398 e. The molecule has 0 atom stereocenters. The maximum absolute atomic E-state index is 5.67. The van der Waals surface area contributed by atoms with Crippen LogP contribution in [0.4, 0.5) is 5.69 Å². The van der Waals surface area contributed by atoms with Crippen LogP contribution in [0.15, 0.2) is 24.5 Å². The smallest absolute Gasteiger partial charge is 0.143 e. The number of halogens is 1. The van der Waals surface area contributed by atoms with Gasteiger partial charge >= 0.3 is 0 Å². The first-order chi connectivity index (χ1) is 6.27. The van der Waals surface area contributed by atoms with Crippen molar-refractivity contribution >= 4 is 28.3 Å². The fraction of sp³-hybridized carbons (Fsp3) is 0. The van der Waals surface area contributed by atoms with Crippen molar-refractivity contribution in [2.75, 3.05) is 5.73 Å². The Morgan fingerprint density at radius 3 is 2.85 bits per heavy atom. The summed E-state index contributed by atoms with van der Waals surface area (Å²) in [7, 11) is 0. The average molecular weight is 287 g/mol. The highest BCUT2D eigenvalue weighted by molar-refractivity contribution is 14.1. The molecule has 0 fully saturated rings. The molecule has 66 valence electrons. The van der Waals surface area contributed by atoms with Crippen LogP contribution in [0, 0.1) is 3.57 Å². The third-order valence-electron chi connectivity index (χ3n) is 1.60. The van der Waals surface area contributed by atoms with E-state index in [-0.39, 0.29) is 0 Å². The van der Waals surface area contributed by atoms with Gasteiger partial charge in [0.15, 0.2) is 0 Å². The molecule has 6 heteroatoms. The zero-order valence-electron chi connectivity index (χ0n) is 6.55. The normalized spacial score (nSPS) is 10.2. The molecule has 2 N–H and O–H groups in total. The lowest BCUT2D eigenvalue weighted by molar-refractivity contribution is 0.789. The first-order valence-corrected chi connectivity index (χ1v) is 4.63. The molecule has 0 amide bonds. The van der Waals surface area contributed by atoms with Crippen LogP contribution < -0.4 is 5.73 Å². The topological polar surface area (TPSA) is 69.6 Å². The van der Waals surface area contributed by atoms with Gasteiger partial charge in [-0.2, -0.15) is 0 Å². The molecule has 2 aromatic rings. The van der Waals surface area contributed by atoms with Crippen LogP contribution in [0.5, 0.6) is 0 Å². The molecule has 5 nitrogen and oxygen atoms in total. The van der Waals surface area contributed by atoms with Crippen LogP contribution in [-0.4, -0.2) is 20.2 Å². The maximum atomic E-state index is 5.67. The lowest BCUT2D eigenvalue weighted by atomic mass is 10.3.